The Morgan fingerprint density at radius 2 is 1.94 bits per heavy atom. The van der Waals surface area contributed by atoms with Crippen LogP contribution >= 0.6 is 0 Å². The van der Waals surface area contributed by atoms with Gasteiger partial charge in [0.15, 0.2) is 0 Å². The topological polar surface area (TPSA) is 29.5 Å². The summed E-state index contributed by atoms with van der Waals surface area (Å²) in [6.45, 7) is 11.5. The minimum absolute atomic E-state index is 0.286. The Bertz CT molecular complexity index is 211. The zero-order valence-electron chi connectivity index (χ0n) is 11.5. The third kappa shape index (κ3) is 4.42. The Balaban J connectivity index is 2.37. The van der Waals surface area contributed by atoms with Crippen LogP contribution in [0.3, 0.4) is 0 Å². The SMILES string of the molecule is CC1CC(OCC(O)C(C)C)CC(C)(C)C1. The summed E-state index contributed by atoms with van der Waals surface area (Å²) in [5.74, 6) is 1.03. The van der Waals surface area contributed by atoms with Crippen molar-refractivity contribution in [3.63, 3.8) is 0 Å². The first kappa shape index (κ1) is 14.0. The monoisotopic (exact) mass is 228 g/mol. The fourth-order valence-corrected chi connectivity index (χ4v) is 2.81. The van der Waals surface area contributed by atoms with Crippen LogP contribution in [0, 0.1) is 17.3 Å². The number of hydrogen-bond acceptors (Lipinski definition) is 2. The minimum Gasteiger partial charge on any atom is -0.390 e. The van der Waals surface area contributed by atoms with E-state index in [1.807, 2.05) is 13.8 Å². The molecule has 0 spiro atoms. The second kappa shape index (κ2) is 5.50. The molecule has 0 bridgehead atoms. The van der Waals surface area contributed by atoms with Gasteiger partial charge in [-0.15, -0.1) is 0 Å². The second-order valence-corrected chi connectivity index (χ2v) is 6.68. The molecule has 2 nitrogen and oxygen atoms in total. The first-order chi connectivity index (χ1) is 7.30. The molecule has 0 radical (unpaired) electrons. The zero-order chi connectivity index (χ0) is 12.3. The van der Waals surface area contributed by atoms with Crippen LogP contribution < -0.4 is 0 Å². The molecule has 1 saturated carbocycles. The van der Waals surface area contributed by atoms with Gasteiger partial charge in [0.2, 0.25) is 0 Å². The molecule has 1 N–H and O–H groups in total. The molecule has 0 aromatic rings. The van der Waals surface area contributed by atoms with Gasteiger partial charge in [0.25, 0.3) is 0 Å². The predicted octanol–water partition coefficient (Wildman–Crippen LogP) is 3.23. The molecule has 0 saturated heterocycles. The molecule has 3 atom stereocenters. The largest absolute Gasteiger partial charge is 0.390 e. The lowest BCUT2D eigenvalue weighted by atomic mass is 9.71. The Kier molecular flexibility index (Phi) is 4.81. The second-order valence-electron chi connectivity index (χ2n) is 6.68. The maximum absolute atomic E-state index is 9.73. The number of rotatable bonds is 4. The maximum Gasteiger partial charge on any atom is 0.0796 e. The van der Waals surface area contributed by atoms with Crippen molar-refractivity contribution < 1.29 is 9.84 Å². The van der Waals surface area contributed by atoms with E-state index in [4.69, 9.17) is 4.74 Å². The quantitative estimate of drug-likeness (QED) is 0.800. The van der Waals surface area contributed by atoms with Gasteiger partial charge in [-0.1, -0.05) is 34.6 Å². The first-order valence-corrected chi connectivity index (χ1v) is 6.60. The Morgan fingerprint density at radius 1 is 1.31 bits per heavy atom. The van der Waals surface area contributed by atoms with E-state index >= 15 is 0 Å². The summed E-state index contributed by atoms with van der Waals surface area (Å²) in [4.78, 5) is 0. The molecule has 1 aliphatic carbocycles. The molecule has 1 rings (SSSR count). The fourth-order valence-electron chi connectivity index (χ4n) is 2.81. The van der Waals surface area contributed by atoms with Crippen molar-refractivity contribution in [2.75, 3.05) is 6.61 Å². The molecule has 1 aliphatic rings. The van der Waals surface area contributed by atoms with Gasteiger partial charge in [0.05, 0.1) is 18.8 Å². The molecule has 2 heteroatoms. The van der Waals surface area contributed by atoms with Crippen molar-refractivity contribution >= 4 is 0 Å². The number of hydrogen-bond donors (Lipinski definition) is 1. The molecular formula is C14H28O2. The predicted molar refractivity (Wildman–Crippen MR) is 67.4 cm³/mol. The molecular weight excluding hydrogens is 200 g/mol. The highest BCUT2D eigenvalue weighted by atomic mass is 16.5. The summed E-state index contributed by atoms with van der Waals surface area (Å²) in [7, 11) is 0. The summed E-state index contributed by atoms with van der Waals surface area (Å²) in [6.07, 6.45) is 3.59. The molecule has 0 aromatic carbocycles. The Labute approximate surface area is 100 Å². The molecule has 0 heterocycles. The van der Waals surface area contributed by atoms with Crippen LogP contribution in [0.25, 0.3) is 0 Å². The number of aliphatic hydroxyl groups is 1. The van der Waals surface area contributed by atoms with E-state index in [9.17, 15) is 5.11 Å². The van der Waals surface area contributed by atoms with Crippen LogP contribution in [-0.2, 0) is 4.74 Å². The molecule has 3 unspecified atom stereocenters. The molecule has 0 aromatic heterocycles. The number of aliphatic hydroxyl groups excluding tert-OH is 1. The van der Waals surface area contributed by atoms with E-state index in [1.54, 1.807) is 0 Å². The van der Waals surface area contributed by atoms with Crippen LogP contribution in [0.2, 0.25) is 0 Å². The van der Waals surface area contributed by atoms with Gasteiger partial charge in [-0.3, -0.25) is 0 Å². The van der Waals surface area contributed by atoms with Crippen LogP contribution in [-0.4, -0.2) is 23.9 Å². The highest BCUT2D eigenvalue weighted by Gasteiger charge is 2.32. The van der Waals surface area contributed by atoms with Gasteiger partial charge >= 0.3 is 0 Å². The third-order valence-corrected chi connectivity index (χ3v) is 3.62. The van der Waals surface area contributed by atoms with Crippen LogP contribution in [0.4, 0.5) is 0 Å². The molecule has 16 heavy (non-hydrogen) atoms. The summed E-state index contributed by atoms with van der Waals surface area (Å²) >= 11 is 0. The third-order valence-electron chi connectivity index (χ3n) is 3.62. The van der Waals surface area contributed by atoms with E-state index in [0.29, 0.717) is 18.1 Å². The van der Waals surface area contributed by atoms with Gasteiger partial charge in [-0.25, -0.2) is 0 Å². The fraction of sp³-hybridized carbons (Fsp3) is 1.00. The highest BCUT2D eigenvalue weighted by Crippen LogP contribution is 2.39. The van der Waals surface area contributed by atoms with Gasteiger partial charge in [-0.05, 0) is 36.5 Å². The van der Waals surface area contributed by atoms with Crippen molar-refractivity contribution in [1.29, 1.82) is 0 Å². The van der Waals surface area contributed by atoms with Crippen LogP contribution in [0.5, 0.6) is 0 Å². The average molecular weight is 228 g/mol. The smallest absolute Gasteiger partial charge is 0.0796 e. The molecule has 0 aliphatic heterocycles. The summed E-state index contributed by atoms with van der Waals surface area (Å²) in [5.41, 5.74) is 0.394. The van der Waals surface area contributed by atoms with Gasteiger partial charge in [0.1, 0.15) is 0 Å². The van der Waals surface area contributed by atoms with Crippen molar-refractivity contribution in [3.8, 4) is 0 Å². The lowest BCUT2D eigenvalue weighted by molar-refractivity contribution is -0.0649. The highest BCUT2D eigenvalue weighted by molar-refractivity contribution is 4.83. The van der Waals surface area contributed by atoms with Gasteiger partial charge in [-0.2, -0.15) is 0 Å². The van der Waals surface area contributed by atoms with Crippen LogP contribution in [0.1, 0.15) is 53.9 Å². The van der Waals surface area contributed by atoms with Crippen molar-refractivity contribution in [2.45, 2.75) is 66.1 Å². The summed E-state index contributed by atoms with van der Waals surface area (Å²) in [6, 6.07) is 0. The first-order valence-electron chi connectivity index (χ1n) is 6.60. The van der Waals surface area contributed by atoms with E-state index in [2.05, 4.69) is 20.8 Å². The van der Waals surface area contributed by atoms with Gasteiger partial charge < -0.3 is 9.84 Å². The maximum atomic E-state index is 9.73. The molecule has 1 fully saturated rings. The normalized spacial score (nSPS) is 31.7. The summed E-state index contributed by atoms with van der Waals surface area (Å²) < 4.78 is 5.86. The lowest BCUT2D eigenvalue weighted by Gasteiger charge is -2.39. The van der Waals surface area contributed by atoms with Crippen molar-refractivity contribution in [2.24, 2.45) is 17.3 Å². The summed E-state index contributed by atoms with van der Waals surface area (Å²) in [5, 5.41) is 9.73. The van der Waals surface area contributed by atoms with Gasteiger partial charge in [0, 0.05) is 0 Å². The van der Waals surface area contributed by atoms with E-state index in [1.165, 1.54) is 6.42 Å². The van der Waals surface area contributed by atoms with Crippen molar-refractivity contribution in [1.82, 2.24) is 0 Å². The van der Waals surface area contributed by atoms with E-state index in [0.717, 1.165) is 18.8 Å². The Hall–Kier alpha value is -0.0800. The zero-order valence-corrected chi connectivity index (χ0v) is 11.5. The van der Waals surface area contributed by atoms with Crippen molar-refractivity contribution in [3.05, 3.63) is 0 Å². The molecule has 96 valence electrons. The lowest BCUT2D eigenvalue weighted by Crippen LogP contribution is -2.35. The van der Waals surface area contributed by atoms with E-state index < -0.39 is 0 Å². The van der Waals surface area contributed by atoms with Crippen LogP contribution in [0.15, 0.2) is 0 Å². The Morgan fingerprint density at radius 3 is 2.44 bits per heavy atom. The molecule has 0 amide bonds. The average Bonchev–Trinajstić information content (AvgIpc) is 2.10. The number of ether oxygens (including phenoxy) is 1. The van der Waals surface area contributed by atoms with E-state index in [-0.39, 0.29) is 12.0 Å². The standard InChI is InChI=1S/C14H28O2/c1-10(2)13(15)9-16-12-6-11(3)7-14(4,5)8-12/h10-13,15H,6-9H2,1-5H3. The minimum atomic E-state index is -0.319.